The second-order valence-electron chi connectivity index (χ2n) is 4.97. The van der Waals surface area contributed by atoms with E-state index in [2.05, 4.69) is 23.6 Å². The highest BCUT2D eigenvalue weighted by Gasteiger charge is 2.18. The Morgan fingerprint density at radius 2 is 2.00 bits per heavy atom. The van der Waals surface area contributed by atoms with Crippen molar-refractivity contribution >= 4 is 5.91 Å². The van der Waals surface area contributed by atoms with Gasteiger partial charge < -0.3 is 0 Å². The fourth-order valence-corrected chi connectivity index (χ4v) is 2.33. The van der Waals surface area contributed by atoms with Crippen molar-refractivity contribution < 1.29 is 4.79 Å². The molecule has 17 heavy (non-hydrogen) atoms. The molecule has 3 heteroatoms. The number of benzene rings is 1. The Kier molecular flexibility index (Phi) is 3.48. The molecule has 0 spiro atoms. The van der Waals surface area contributed by atoms with Gasteiger partial charge in [-0.2, -0.15) is 0 Å². The molecule has 0 aromatic heterocycles. The van der Waals surface area contributed by atoms with Crippen LogP contribution in [-0.2, 0) is 17.6 Å². The highest BCUT2D eigenvalue weighted by molar-refractivity contribution is 5.82. The van der Waals surface area contributed by atoms with E-state index in [1.807, 2.05) is 21.0 Å². The molecule has 3 nitrogen and oxygen atoms in total. The molecule has 0 fully saturated rings. The standard InChI is InChI=1S/C14H20N2O/c1-10(14(17)15-16(2)3)12-8-7-11-5-4-6-13(11)9-12/h7-10H,4-6H2,1-3H3,(H,15,17). The Bertz CT molecular complexity index is 426. The topological polar surface area (TPSA) is 32.3 Å². The van der Waals surface area contributed by atoms with Crippen LogP contribution < -0.4 is 5.43 Å². The zero-order valence-corrected chi connectivity index (χ0v) is 10.8. The van der Waals surface area contributed by atoms with Crippen molar-refractivity contribution in [3.05, 3.63) is 34.9 Å². The summed E-state index contributed by atoms with van der Waals surface area (Å²) in [5.41, 5.74) is 6.79. The van der Waals surface area contributed by atoms with Crippen LogP contribution >= 0.6 is 0 Å². The van der Waals surface area contributed by atoms with Crippen LogP contribution in [0, 0.1) is 0 Å². The first-order valence-electron chi connectivity index (χ1n) is 6.17. The van der Waals surface area contributed by atoms with Gasteiger partial charge in [0.05, 0.1) is 5.92 Å². The second-order valence-corrected chi connectivity index (χ2v) is 4.97. The normalized spacial score (nSPS) is 15.8. The molecule has 1 aliphatic carbocycles. The Balaban J connectivity index is 2.14. The second kappa shape index (κ2) is 4.88. The van der Waals surface area contributed by atoms with Crippen LogP contribution in [0.15, 0.2) is 18.2 Å². The Morgan fingerprint density at radius 1 is 1.29 bits per heavy atom. The summed E-state index contributed by atoms with van der Waals surface area (Å²) < 4.78 is 0. The van der Waals surface area contributed by atoms with Crippen molar-refractivity contribution in [3.63, 3.8) is 0 Å². The van der Waals surface area contributed by atoms with Gasteiger partial charge in [-0.25, -0.2) is 5.01 Å². The van der Waals surface area contributed by atoms with Crippen LogP contribution in [0.2, 0.25) is 0 Å². The maximum Gasteiger partial charge on any atom is 0.241 e. The number of fused-ring (bicyclic) bond motifs is 1. The van der Waals surface area contributed by atoms with Gasteiger partial charge in [-0.1, -0.05) is 18.2 Å². The molecular formula is C14H20N2O. The molecule has 1 unspecified atom stereocenters. The van der Waals surface area contributed by atoms with Crippen molar-refractivity contribution in [2.75, 3.05) is 14.1 Å². The smallest absolute Gasteiger partial charge is 0.241 e. The first-order valence-corrected chi connectivity index (χ1v) is 6.17. The molecule has 1 aromatic carbocycles. The van der Waals surface area contributed by atoms with Gasteiger partial charge in [-0.3, -0.25) is 10.2 Å². The van der Waals surface area contributed by atoms with Gasteiger partial charge in [0.2, 0.25) is 5.91 Å². The summed E-state index contributed by atoms with van der Waals surface area (Å²) in [5.74, 6) is -0.0451. The summed E-state index contributed by atoms with van der Waals surface area (Å²) in [6.07, 6.45) is 3.59. The molecule has 92 valence electrons. The number of amides is 1. The summed E-state index contributed by atoms with van der Waals surface area (Å²) in [6.45, 7) is 1.95. The van der Waals surface area contributed by atoms with Gasteiger partial charge in [0.15, 0.2) is 0 Å². The number of hydrazine groups is 1. The van der Waals surface area contributed by atoms with Gasteiger partial charge >= 0.3 is 0 Å². The molecule has 0 bridgehead atoms. The van der Waals surface area contributed by atoms with Gasteiger partial charge in [-0.15, -0.1) is 0 Å². The summed E-state index contributed by atoms with van der Waals surface area (Å²) in [4.78, 5) is 11.9. The van der Waals surface area contributed by atoms with Crippen LogP contribution in [0.4, 0.5) is 0 Å². The zero-order valence-electron chi connectivity index (χ0n) is 10.8. The van der Waals surface area contributed by atoms with E-state index in [-0.39, 0.29) is 11.8 Å². The molecule has 0 radical (unpaired) electrons. The van der Waals surface area contributed by atoms with Gasteiger partial charge in [0.1, 0.15) is 0 Å². The highest BCUT2D eigenvalue weighted by atomic mass is 16.2. The monoisotopic (exact) mass is 232 g/mol. The molecule has 0 aliphatic heterocycles. The van der Waals surface area contributed by atoms with Crippen LogP contribution in [-0.4, -0.2) is 25.0 Å². The number of nitrogens with zero attached hydrogens (tertiary/aromatic N) is 1. The lowest BCUT2D eigenvalue weighted by Crippen LogP contribution is -2.38. The largest absolute Gasteiger partial charge is 0.289 e. The third kappa shape index (κ3) is 2.67. The average Bonchev–Trinajstić information content (AvgIpc) is 2.73. The van der Waals surface area contributed by atoms with E-state index >= 15 is 0 Å². The third-order valence-electron chi connectivity index (χ3n) is 3.35. The molecule has 1 aliphatic rings. The van der Waals surface area contributed by atoms with E-state index in [9.17, 15) is 4.79 Å². The first kappa shape index (κ1) is 12.1. The Labute approximate surface area is 103 Å². The Hall–Kier alpha value is -1.35. The number of rotatable bonds is 3. The van der Waals surface area contributed by atoms with Gasteiger partial charge in [0.25, 0.3) is 0 Å². The van der Waals surface area contributed by atoms with Crippen molar-refractivity contribution in [1.29, 1.82) is 0 Å². The number of nitrogens with one attached hydrogen (secondary N) is 1. The summed E-state index contributed by atoms with van der Waals surface area (Å²) in [5, 5.41) is 1.69. The van der Waals surface area contributed by atoms with Crippen LogP contribution in [0.3, 0.4) is 0 Å². The lowest BCUT2D eigenvalue weighted by molar-refractivity contribution is -0.125. The molecule has 1 atom stereocenters. The molecule has 0 saturated carbocycles. The fraction of sp³-hybridized carbons (Fsp3) is 0.500. The minimum atomic E-state index is -0.0942. The van der Waals surface area contributed by atoms with E-state index in [1.54, 1.807) is 5.01 Å². The molecule has 1 N–H and O–H groups in total. The summed E-state index contributed by atoms with van der Waals surface area (Å²) in [7, 11) is 3.65. The van der Waals surface area contributed by atoms with Crippen molar-refractivity contribution in [1.82, 2.24) is 10.4 Å². The van der Waals surface area contributed by atoms with Crippen LogP contribution in [0.1, 0.15) is 36.0 Å². The fourth-order valence-electron chi connectivity index (χ4n) is 2.33. The first-order chi connectivity index (χ1) is 8.08. The third-order valence-corrected chi connectivity index (χ3v) is 3.35. The van der Waals surface area contributed by atoms with E-state index in [4.69, 9.17) is 0 Å². The predicted octanol–water partition coefficient (Wildman–Crippen LogP) is 1.87. The lowest BCUT2D eigenvalue weighted by Gasteiger charge is -2.17. The quantitative estimate of drug-likeness (QED) is 0.807. The van der Waals surface area contributed by atoms with E-state index in [1.165, 1.54) is 24.0 Å². The number of aryl methyl sites for hydroxylation is 2. The maximum atomic E-state index is 11.9. The Morgan fingerprint density at radius 3 is 2.71 bits per heavy atom. The average molecular weight is 232 g/mol. The maximum absolute atomic E-state index is 11.9. The lowest BCUT2D eigenvalue weighted by atomic mass is 9.96. The van der Waals surface area contributed by atoms with E-state index in [0.717, 1.165) is 12.0 Å². The minimum absolute atomic E-state index is 0.0490. The minimum Gasteiger partial charge on any atom is -0.289 e. The number of hydrogen-bond acceptors (Lipinski definition) is 2. The zero-order chi connectivity index (χ0) is 12.4. The number of carbonyl (C=O) groups excluding carboxylic acids is 1. The molecular weight excluding hydrogens is 212 g/mol. The molecule has 1 amide bonds. The predicted molar refractivity (Wildman–Crippen MR) is 68.7 cm³/mol. The summed E-state index contributed by atoms with van der Waals surface area (Å²) in [6, 6.07) is 6.46. The molecule has 0 heterocycles. The van der Waals surface area contributed by atoms with Crippen molar-refractivity contribution in [3.8, 4) is 0 Å². The van der Waals surface area contributed by atoms with Crippen LogP contribution in [0.25, 0.3) is 0 Å². The van der Waals surface area contributed by atoms with Gasteiger partial charge in [-0.05, 0) is 42.9 Å². The molecule has 1 aromatic rings. The number of carbonyl (C=O) groups is 1. The molecule has 0 saturated heterocycles. The summed E-state index contributed by atoms with van der Waals surface area (Å²) >= 11 is 0. The number of hydrogen-bond donors (Lipinski definition) is 1. The highest BCUT2D eigenvalue weighted by Crippen LogP contribution is 2.26. The molecule has 2 rings (SSSR count). The SMILES string of the molecule is CC(C(=O)NN(C)C)c1ccc2c(c1)CCC2. The van der Waals surface area contributed by atoms with Crippen molar-refractivity contribution in [2.24, 2.45) is 0 Å². The van der Waals surface area contributed by atoms with Gasteiger partial charge in [0, 0.05) is 14.1 Å². The van der Waals surface area contributed by atoms with Crippen LogP contribution in [0.5, 0.6) is 0 Å². The van der Waals surface area contributed by atoms with E-state index in [0.29, 0.717) is 0 Å². The van der Waals surface area contributed by atoms with E-state index < -0.39 is 0 Å². The van der Waals surface area contributed by atoms with Crippen molar-refractivity contribution in [2.45, 2.75) is 32.1 Å².